The zero-order valence-electron chi connectivity index (χ0n) is 20.6. The van der Waals surface area contributed by atoms with Gasteiger partial charge in [-0.1, -0.05) is 18.2 Å². The largest absolute Gasteiger partial charge is 0.489 e. The fraction of sp³-hybridized carbons (Fsp3) is 0.414. The Morgan fingerprint density at radius 2 is 1.84 bits per heavy atom. The third kappa shape index (κ3) is 3.82. The van der Waals surface area contributed by atoms with Gasteiger partial charge in [0.05, 0.1) is 0 Å². The summed E-state index contributed by atoms with van der Waals surface area (Å²) in [7, 11) is 0. The molecular weight excluding hydrogens is 468 g/mol. The number of aromatic amines is 1. The number of hydrogen-bond acceptors (Lipinski definition) is 5. The summed E-state index contributed by atoms with van der Waals surface area (Å²) >= 11 is 0. The molecule has 4 heterocycles. The normalized spacial score (nSPS) is 26.4. The maximum atomic E-state index is 13.0. The molecule has 3 atom stereocenters. The van der Waals surface area contributed by atoms with Gasteiger partial charge in [0.2, 0.25) is 11.8 Å². The highest BCUT2D eigenvalue weighted by molar-refractivity contribution is 6.05. The topological polar surface area (TPSA) is 94.7 Å². The van der Waals surface area contributed by atoms with E-state index in [1.807, 2.05) is 18.2 Å². The van der Waals surface area contributed by atoms with Crippen LogP contribution in [-0.4, -0.2) is 63.8 Å². The summed E-state index contributed by atoms with van der Waals surface area (Å²) in [6.45, 7) is 2.46. The van der Waals surface area contributed by atoms with E-state index >= 15 is 0 Å². The van der Waals surface area contributed by atoms with E-state index in [0.29, 0.717) is 30.5 Å². The number of imide groups is 1. The third-order valence-corrected chi connectivity index (χ3v) is 8.64. The van der Waals surface area contributed by atoms with Gasteiger partial charge >= 0.3 is 0 Å². The number of fused-ring (bicyclic) bond motifs is 2. The first-order chi connectivity index (χ1) is 18.0. The van der Waals surface area contributed by atoms with E-state index in [1.165, 1.54) is 16.5 Å². The van der Waals surface area contributed by atoms with Gasteiger partial charge in [-0.3, -0.25) is 24.6 Å². The summed E-state index contributed by atoms with van der Waals surface area (Å²) in [5.74, 6) is 0.507. The summed E-state index contributed by atoms with van der Waals surface area (Å²) in [4.78, 5) is 44.4. The molecule has 4 aliphatic rings. The molecule has 3 aromatic rings. The minimum atomic E-state index is -0.599. The lowest BCUT2D eigenvalue weighted by Crippen LogP contribution is -2.54. The molecule has 2 N–H and O–H groups in total. The van der Waals surface area contributed by atoms with E-state index in [9.17, 15) is 14.4 Å². The molecule has 1 saturated carbocycles. The highest BCUT2D eigenvalue weighted by Crippen LogP contribution is 2.39. The molecule has 3 aliphatic heterocycles. The number of ether oxygens (including phenoxy) is 1. The lowest BCUT2D eigenvalue weighted by Gasteiger charge is -2.45. The van der Waals surface area contributed by atoms with Crippen LogP contribution >= 0.6 is 0 Å². The van der Waals surface area contributed by atoms with Gasteiger partial charge in [0.25, 0.3) is 5.91 Å². The molecule has 2 aromatic carbocycles. The molecule has 0 radical (unpaired) electrons. The zero-order valence-corrected chi connectivity index (χ0v) is 20.6. The van der Waals surface area contributed by atoms with Crippen LogP contribution < -0.4 is 10.1 Å². The lowest BCUT2D eigenvalue weighted by atomic mass is 9.89. The van der Waals surface area contributed by atoms with E-state index in [-0.39, 0.29) is 30.2 Å². The molecule has 1 unspecified atom stereocenters. The second kappa shape index (κ2) is 8.73. The first-order valence-electron chi connectivity index (χ1n) is 13.3. The molecule has 190 valence electrons. The van der Waals surface area contributed by atoms with E-state index in [0.717, 1.165) is 43.7 Å². The molecular formula is C29H30N4O4. The van der Waals surface area contributed by atoms with Crippen LogP contribution in [0.2, 0.25) is 0 Å². The monoisotopic (exact) mass is 498 g/mol. The fourth-order valence-corrected chi connectivity index (χ4v) is 6.67. The summed E-state index contributed by atoms with van der Waals surface area (Å²) in [5, 5.41) is 3.68. The van der Waals surface area contributed by atoms with Crippen LogP contribution in [0, 0.1) is 0 Å². The number of benzene rings is 2. The molecule has 3 fully saturated rings. The first-order valence-corrected chi connectivity index (χ1v) is 13.3. The van der Waals surface area contributed by atoms with Crippen molar-refractivity contribution >= 4 is 28.6 Å². The molecule has 2 saturated heterocycles. The summed E-state index contributed by atoms with van der Waals surface area (Å²) < 4.78 is 6.52. The number of aromatic nitrogens is 1. The zero-order chi connectivity index (χ0) is 25.1. The van der Waals surface area contributed by atoms with Crippen molar-refractivity contribution in [3.8, 4) is 5.75 Å². The van der Waals surface area contributed by atoms with E-state index < -0.39 is 6.04 Å². The Morgan fingerprint density at radius 1 is 0.973 bits per heavy atom. The van der Waals surface area contributed by atoms with Gasteiger partial charge in [-0.25, -0.2) is 0 Å². The Balaban J connectivity index is 1.01. The number of likely N-dealkylation sites (tertiary alicyclic amines) is 1. The molecule has 0 bridgehead atoms. The number of H-pyrrole nitrogens is 1. The summed E-state index contributed by atoms with van der Waals surface area (Å²) in [5.41, 5.74) is 4.10. The van der Waals surface area contributed by atoms with Gasteiger partial charge in [0.1, 0.15) is 17.9 Å². The SMILES string of the molecule is O=C1CCC(N2Cc3cc(O[C@H]4CCC[C@@H]4N4CC(c5c[nH]c6ccccc56)C4)ccc3C2=O)C(=O)N1. The van der Waals surface area contributed by atoms with Crippen molar-refractivity contribution < 1.29 is 19.1 Å². The Kier molecular flexibility index (Phi) is 5.32. The number of nitrogens with one attached hydrogen (secondary N) is 2. The van der Waals surface area contributed by atoms with E-state index in [4.69, 9.17) is 4.74 Å². The molecule has 3 amide bonds. The second-order valence-corrected chi connectivity index (χ2v) is 10.8. The van der Waals surface area contributed by atoms with Crippen LogP contribution in [0.1, 0.15) is 59.5 Å². The average Bonchev–Trinajstić information content (AvgIpc) is 3.57. The summed E-state index contributed by atoms with van der Waals surface area (Å²) in [6, 6.07) is 14.0. The maximum absolute atomic E-state index is 13.0. The molecule has 37 heavy (non-hydrogen) atoms. The number of para-hydroxylation sites is 1. The standard InChI is InChI=1S/C29H30N4O4/c34-27-11-10-25(28(35)31-27)33-16-17-12-19(8-9-20(17)29(33)36)37-26-7-3-6-24(26)32-14-18(15-32)22-13-30-23-5-2-1-4-21(22)23/h1-2,4-5,8-9,12-13,18,24-26,30H,3,6-7,10-11,14-16H2,(H,31,34,35)/t24-,25?,26-/m0/s1. The fourth-order valence-electron chi connectivity index (χ4n) is 6.67. The quantitative estimate of drug-likeness (QED) is 0.527. The van der Waals surface area contributed by atoms with Crippen LogP contribution in [0.25, 0.3) is 10.9 Å². The number of hydrogen-bond donors (Lipinski definition) is 2. The Labute approximate surface area is 214 Å². The van der Waals surface area contributed by atoms with Crippen LogP contribution in [0.15, 0.2) is 48.7 Å². The molecule has 8 heteroatoms. The van der Waals surface area contributed by atoms with Gasteiger partial charge in [-0.15, -0.1) is 0 Å². The Bertz CT molecular complexity index is 1410. The van der Waals surface area contributed by atoms with Crippen LogP contribution in [-0.2, 0) is 16.1 Å². The number of carbonyl (C=O) groups is 3. The van der Waals surface area contributed by atoms with Crippen molar-refractivity contribution in [3.63, 3.8) is 0 Å². The van der Waals surface area contributed by atoms with Gasteiger partial charge in [-0.2, -0.15) is 0 Å². The number of rotatable bonds is 5. The Hall–Kier alpha value is -3.65. The van der Waals surface area contributed by atoms with Crippen molar-refractivity contribution in [2.24, 2.45) is 0 Å². The summed E-state index contributed by atoms with van der Waals surface area (Å²) in [6.07, 6.45) is 6.23. The maximum Gasteiger partial charge on any atom is 0.255 e. The van der Waals surface area contributed by atoms with Gasteiger partial charge in [-0.05, 0) is 61.1 Å². The van der Waals surface area contributed by atoms with Crippen molar-refractivity contribution in [2.75, 3.05) is 13.1 Å². The van der Waals surface area contributed by atoms with Crippen LogP contribution in [0.5, 0.6) is 5.75 Å². The van der Waals surface area contributed by atoms with Gasteiger partial charge in [0.15, 0.2) is 0 Å². The number of carbonyl (C=O) groups excluding carboxylic acids is 3. The smallest absolute Gasteiger partial charge is 0.255 e. The predicted octanol–water partition coefficient (Wildman–Crippen LogP) is 3.33. The second-order valence-electron chi connectivity index (χ2n) is 10.8. The molecule has 1 aromatic heterocycles. The molecule has 0 spiro atoms. The van der Waals surface area contributed by atoms with Crippen molar-refractivity contribution in [1.29, 1.82) is 0 Å². The van der Waals surface area contributed by atoms with Crippen molar-refractivity contribution in [2.45, 2.75) is 62.8 Å². The highest BCUT2D eigenvalue weighted by Gasteiger charge is 2.42. The first kappa shape index (κ1) is 22.5. The van der Waals surface area contributed by atoms with Gasteiger partial charge in [0, 0.05) is 60.7 Å². The van der Waals surface area contributed by atoms with Crippen molar-refractivity contribution in [1.82, 2.24) is 20.1 Å². The average molecular weight is 499 g/mol. The number of nitrogens with zero attached hydrogens (tertiary/aromatic N) is 2. The van der Waals surface area contributed by atoms with Crippen LogP contribution in [0.3, 0.4) is 0 Å². The minimum absolute atomic E-state index is 0.130. The highest BCUT2D eigenvalue weighted by atomic mass is 16.5. The minimum Gasteiger partial charge on any atom is -0.489 e. The molecule has 7 rings (SSSR count). The van der Waals surface area contributed by atoms with E-state index in [2.05, 4.69) is 45.7 Å². The number of amides is 3. The molecule has 8 nitrogen and oxygen atoms in total. The molecule has 1 aliphatic carbocycles. The van der Waals surface area contributed by atoms with Crippen LogP contribution in [0.4, 0.5) is 0 Å². The van der Waals surface area contributed by atoms with Crippen molar-refractivity contribution in [3.05, 3.63) is 65.4 Å². The third-order valence-electron chi connectivity index (χ3n) is 8.64. The predicted molar refractivity (Wildman–Crippen MR) is 137 cm³/mol. The number of piperidine rings is 1. The lowest BCUT2D eigenvalue weighted by molar-refractivity contribution is -0.136. The van der Waals surface area contributed by atoms with E-state index in [1.54, 1.807) is 4.90 Å². The van der Waals surface area contributed by atoms with Gasteiger partial charge < -0.3 is 14.6 Å². The Morgan fingerprint density at radius 3 is 2.70 bits per heavy atom.